The van der Waals surface area contributed by atoms with Crippen LogP contribution in [0.1, 0.15) is 11.1 Å². The lowest BCUT2D eigenvalue weighted by Gasteiger charge is -2.21. The van der Waals surface area contributed by atoms with E-state index in [2.05, 4.69) is 117 Å². The van der Waals surface area contributed by atoms with Crippen LogP contribution in [0.2, 0.25) is 0 Å². The van der Waals surface area contributed by atoms with Crippen LogP contribution >= 0.6 is 0 Å². The molecule has 0 aromatic heterocycles. The molecule has 0 radical (unpaired) electrons. The molecule has 1 aliphatic rings. The summed E-state index contributed by atoms with van der Waals surface area (Å²) in [5.74, 6) is 0. The van der Waals surface area contributed by atoms with Crippen molar-refractivity contribution in [1.82, 2.24) is 9.80 Å². The van der Waals surface area contributed by atoms with E-state index < -0.39 is 0 Å². The summed E-state index contributed by atoms with van der Waals surface area (Å²) >= 11 is 0. The van der Waals surface area contributed by atoms with Crippen molar-refractivity contribution in [1.29, 1.82) is 0 Å². The molecule has 3 heteroatoms. The lowest BCUT2D eigenvalue weighted by molar-refractivity contribution is 0.390. The lowest BCUT2D eigenvalue weighted by atomic mass is 9.90. The Hall–Kier alpha value is -2.62. The van der Waals surface area contributed by atoms with Crippen molar-refractivity contribution in [3.8, 4) is 0 Å². The fourth-order valence-electron chi connectivity index (χ4n) is 3.07. The Labute approximate surface area is 177 Å². The van der Waals surface area contributed by atoms with Gasteiger partial charge in [0.2, 0.25) is 0 Å². The second kappa shape index (κ2) is 10.8. The number of allylic oxidation sites excluding steroid dienone is 3. The minimum Gasteiger partial charge on any atom is -0.378 e. The third-order valence-electron chi connectivity index (χ3n) is 4.57. The maximum Gasteiger partial charge on any atom is 0.0462 e. The summed E-state index contributed by atoms with van der Waals surface area (Å²) in [7, 11) is 14.3. The zero-order valence-electron chi connectivity index (χ0n) is 18.9. The molecule has 0 saturated carbocycles. The quantitative estimate of drug-likeness (QED) is 0.744. The van der Waals surface area contributed by atoms with Crippen LogP contribution in [0.25, 0.3) is 5.57 Å². The van der Waals surface area contributed by atoms with Crippen LogP contribution in [0.5, 0.6) is 0 Å². The summed E-state index contributed by atoms with van der Waals surface area (Å²) in [6.07, 6.45) is 9.00. The number of hydrogen-bond acceptors (Lipinski definition) is 3. The van der Waals surface area contributed by atoms with Crippen LogP contribution in [0.15, 0.2) is 84.5 Å². The van der Waals surface area contributed by atoms with Gasteiger partial charge in [-0.2, -0.15) is 0 Å². The van der Waals surface area contributed by atoms with Gasteiger partial charge in [-0.05, 0) is 69.6 Å². The van der Waals surface area contributed by atoms with Crippen molar-refractivity contribution < 1.29 is 0 Å². The van der Waals surface area contributed by atoms with E-state index in [1.165, 1.54) is 28.0 Å². The highest BCUT2D eigenvalue weighted by Gasteiger charge is 2.13. The second-order valence-corrected chi connectivity index (χ2v) is 8.15. The predicted molar refractivity (Wildman–Crippen MR) is 129 cm³/mol. The molecule has 0 N–H and O–H groups in total. The molecule has 3 nitrogen and oxygen atoms in total. The predicted octanol–water partition coefficient (Wildman–Crippen LogP) is 4.79. The van der Waals surface area contributed by atoms with Gasteiger partial charge < -0.3 is 9.80 Å². The second-order valence-electron chi connectivity index (χ2n) is 8.15. The largest absolute Gasteiger partial charge is 0.378 e. The summed E-state index contributed by atoms with van der Waals surface area (Å²) in [6, 6.07) is 19.8. The maximum atomic E-state index is 2.26. The van der Waals surface area contributed by atoms with Gasteiger partial charge >= 0.3 is 0 Å². The molecule has 0 atom stereocenters. The molecule has 0 aliphatic heterocycles. The summed E-state index contributed by atoms with van der Waals surface area (Å²) in [4.78, 5) is 6.33. The molecule has 1 aliphatic carbocycles. The zero-order valence-corrected chi connectivity index (χ0v) is 18.9. The minimum absolute atomic E-state index is 0.358. The van der Waals surface area contributed by atoms with Gasteiger partial charge in [-0.25, -0.2) is 0 Å². The number of nitrogens with zero attached hydrogens (tertiary/aromatic N) is 3. The van der Waals surface area contributed by atoms with Crippen LogP contribution < -0.4 is 4.90 Å². The first-order chi connectivity index (χ1) is 13.8. The molecule has 0 unspecified atom stereocenters. The van der Waals surface area contributed by atoms with E-state index in [4.69, 9.17) is 0 Å². The number of anilines is 1. The summed E-state index contributed by atoms with van der Waals surface area (Å²) in [5.41, 5.74) is 6.22. The van der Waals surface area contributed by atoms with Crippen LogP contribution in [-0.2, 0) is 0 Å². The smallest absolute Gasteiger partial charge is 0.0462 e. The Morgan fingerprint density at radius 1 is 0.655 bits per heavy atom. The SMILES string of the molecule is CN(C)C.CN(C)c1ccc(C(=C2C=CC(N(C)C)C=C2)c2ccccc2)cc1. The Bertz CT molecular complexity index is 823. The van der Waals surface area contributed by atoms with Crippen LogP contribution in [0.3, 0.4) is 0 Å². The Morgan fingerprint density at radius 2 is 1.14 bits per heavy atom. The Morgan fingerprint density at radius 3 is 1.59 bits per heavy atom. The Balaban J connectivity index is 0.000000687. The van der Waals surface area contributed by atoms with Gasteiger partial charge in [-0.15, -0.1) is 0 Å². The van der Waals surface area contributed by atoms with Gasteiger partial charge in [-0.1, -0.05) is 66.8 Å². The summed E-state index contributed by atoms with van der Waals surface area (Å²) in [5, 5.41) is 0. The number of rotatable bonds is 4. The average Bonchev–Trinajstić information content (AvgIpc) is 2.69. The van der Waals surface area contributed by atoms with E-state index in [0.717, 1.165) is 0 Å². The third-order valence-corrected chi connectivity index (χ3v) is 4.57. The van der Waals surface area contributed by atoms with Crippen LogP contribution in [0, 0.1) is 0 Å². The minimum atomic E-state index is 0.358. The van der Waals surface area contributed by atoms with E-state index in [1.54, 1.807) is 0 Å². The molecule has 154 valence electrons. The molecule has 0 heterocycles. The number of hydrogen-bond donors (Lipinski definition) is 0. The first kappa shape index (κ1) is 22.7. The van der Waals surface area contributed by atoms with E-state index in [-0.39, 0.29) is 0 Å². The van der Waals surface area contributed by atoms with Crippen molar-refractivity contribution in [2.45, 2.75) is 6.04 Å². The van der Waals surface area contributed by atoms with E-state index in [0.29, 0.717) is 6.04 Å². The van der Waals surface area contributed by atoms with Crippen LogP contribution in [-0.4, -0.2) is 65.2 Å². The maximum absolute atomic E-state index is 2.26. The van der Waals surface area contributed by atoms with E-state index in [1.807, 2.05) is 26.0 Å². The fourth-order valence-corrected chi connectivity index (χ4v) is 3.07. The molecule has 3 rings (SSSR count). The highest BCUT2D eigenvalue weighted by molar-refractivity contribution is 5.86. The molecule has 29 heavy (non-hydrogen) atoms. The fraction of sp³-hybridized carbons (Fsp3) is 0.308. The van der Waals surface area contributed by atoms with Gasteiger partial charge in [0.05, 0.1) is 0 Å². The van der Waals surface area contributed by atoms with E-state index in [9.17, 15) is 0 Å². The van der Waals surface area contributed by atoms with Crippen LogP contribution in [0.4, 0.5) is 5.69 Å². The van der Waals surface area contributed by atoms with Crippen molar-refractivity contribution >= 4 is 11.3 Å². The number of likely N-dealkylation sites (N-methyl/N-ethyl adjacent to an activating group) is 1. The topological polar surface area (TPSA) is 9.72 Å². The highest BCUT2D eigenvalue weighted by atomic mass is 15.1. The summed E-state index contributed by atoms with van der Waals surface area (Å²) in [6.45, 7) is 0. The normalized spacial score (nSPS) is 15.3. The first-order valence-corrected chi connectivity index (χ1v) is 10.0. The molecule has 0 bridgehead atoms. The molecule has 2 aromatic rings. The molecule has 0 spiro atoms. The van der Waals surface area contributed by atoms with Crippen molar-refractivity contribution in [3.63, 3.8) is 0 Å². The average molecular weight is 390 g/mol. The standard InChI is InChI=1S/C23H26N2.C3H9N/c1-24(2)21-14-10-19(11-15-21)23(18-8-6-5-7-9-18)20-12-16-22(17-13-20)25(3)4;1-4(2)3/h5-17,21H,1-4H3;1-3H3. The van der Waals surface area contributed by atoms with Gasteiger partial charge in [-0.3, -0.25) is 4.90 Å². The number of benzene rings is 2. The van der Waals surface area contributed by atoms with Crippen molar-refractivity contribution in [3.05, 3.63) is 95.6 Å². The zero-order chi connectivity index (χ0) is 21.4. The molecule has 2 aromatic carbocycles. The molecule has 0 saturated heterocycles. The molecular weight excluding hydrogens is 354 g/mol. The highest BCUT2D eigenvalue weighted by Crippen LogP contribution is 2.31. The first-order valence-electron chi connectivity index (χ1n) is 10.0. The summed E-state index contributed by atoms with van der Waals surface area (Å²) < 4.78 is 0. The van der Waals surface area contributed by atoms with Gasteiger partial charge in [0.1, 0.15) is 0 Å². The van der Waals surface area contributed by atoms with Crippen molar-refractivity contribution in [2.24, 2.45) is 0 Å². The lowest BCUT2D eigenvalue weighted by Crippen LogP contribution is -2.24. The van der Waals surface area contributed by atoms with E-state index >= 15 is 0 Å². The van der Waals surface area contributed by atoms with Crippen molar-refractivity contribution in [2.75, 3.05) is 54.2 Å². The Kier molecular flexibility index (Phi) is 8.44. The van der Waals surface area contributed by atoms with Gasteiger partial charge in [0.25, 0.3) is 0 Å². The molecule has 0 fully saturated rings. The van der Waals surface area contributed by atoms with Gasteiger partial charge in [0, 0.05) is 25.8 Å². The monoisotopic (exact) mass is 389 g/mol. The molecule has 0 amide bonds. The van der Waals surface area contributed by atoms with Gasteiger partial charge in [0.15, 0.2) is 0 Å². The third kappa shape index (κ3) is 6.74. The molecular formula is C26H35N3.